The van der Waals surface area contributed by atoms with E-state index in [0.717, 1.165) is 0 Å². The van der Waals surface area contributed by atoms with Crippen LogP contribution in [0.15, 0.2) is 40.6 Å². The highest BCUT2D eigenvalue weighted by atomic mass is 14.7. The fourth-order valence-electron chi connectivity index (χ4n) is 1.53. The number of allylic oxidation sites excluding steroid dienone is 6. The summed E-state index contributed by atoms with van der Waals surface area (Å²) in [7, 11) is 0. The van der Waals surface area contributed by atoms with Crippen LogP contribution in [0.4, 0.5) is 0 Å². The molecule has 0 aliphatic carbocycles. The molecule has 14 heavy (non-hydrogen) atoms. The van der Waals surface area contributed by atoms with Crippen LogP contribution in [0.3, 0.4) is 0 Å². The maximum absolute atomic E-state index is 4.50. The molecule has 0 aromatic carbocycles. The SMILES string of the molecule is CC(C)C1=C(C(C)C)/N=C\C=C/C=C\1. The normalized spacial score (nSPS) is 28.7. The highest BCUT2D eigenvalue weighted by molar-refractivity contribution is 5.73. The molecule has 1 aliphatic rings. The number of hydrogen-bond acceptors (Lipinski definition) is 1. The molecule has 0 unspecified atom stereocenters. The first kappa shape index (κ1) is 11.0. The zero-order valence-corrected chi connectivity index (χ0v) is 9.49. The molecule has 1 rings (SSSR count). The summed E-state index contributed by atoms with van der Waals surface area (Å²) in [5, 5.41) is 0. The highest BCUT2D eigenvalue weighted by Gasteiger charge is 2.10. The van der Waals surface area contributed by atoms with E-state index in [1.807, 2.05) is 18.4 Å². The molecule has 0 atom stereocenters. The third-order valence-corrected chi connectivity index (χ3v) is 2.26. The Morgan fingerprint density at radius 1 is 0.929 bits per heavy atom. The summed E-state index contributed by atoms with van der Waals surface area (Å²) in [6.07, 6.45) is 10.1. The second-order valence-electron chi connectivity index (χ2n) is 4.17. The molecule has 1 heteroatoms. The van der Waals surface area contributed by atoms with Crippen molar-refractivity contribution < 1.29 is 0 Å². The summed E-state index contributed by atoms with van der Waals surface area (Å²) < 4.78 is 0. The monoisotopic (exact) mass is 189 g/mol. The van der Waals surface area contributed by atoms with Gasteiger partial charge in [0.1, 0.15) is 0 Å². The van der Waals surface area contributed by atoms with Gasteiger partial charge in [0, 0.05) is 11.9 Å². The second-order valence-corrected chi connectivity index (χ2v) is 4.17. The van der Waals surface area contributed by atoms with E-state index >= 15 is 0 Å². The minimum Gasteiger partial charge on any atom is -0.261 e. The van der Waals surface area contributed by atoms with Gasteiger partial charge in [0.05, 0.1) is 0 Å². The molecule has 0 radical (unpaired) electrons. The van der Waals surface area contributed by atoms with E-state index in [9.17, 15) is 0 Å². The van der Waals surface area contributed by atoms with Crippen LogP contribution in [0, 0.1) is 11.8 Å². The van der Waals surface area contributed by atoms with E-state index in [-0.39, 0.29) is 0 Å². The van der Waals surface area contributed by atoms with Gasteiger partial charge in [-0.2, -0.15) is 0 Å². The van der Waals surface area contributed by atoms with E-state index < -0.39 is 0 Å². The predicted octanol–water partition coefficient (Wildman–Crippen LogP) is 3.75. The molecule has 1 aliphatic heterocycles. The van der Waals surface area contributed by atoms with Crippen molar-refractivity contribution in [2.45, 2.75) is 27.7 Å². The van der Waals surface area contributed by atoms with Gasteiger partial charge in [0.25, 0.3) is 0 Å². The highest BCUT2D eigenvalue weighted by Crippen LogP contribution is 2.24. The molecule has 0 saturated carbocycles. The van der Waals surface area contributed by atoms with Crippen LogP contribution in [-0.4, -0.2) is 6.21 Å². The van der Waals surface area contributed by atoms with Gasteiger partial charge >= 0.3 is 0 Å². The first-order valence-corrected chi connectivity index (χ1v) is 5.24. The first-order valence-electron chi connectivity index (χ1n) is 5.24. The van der Waals surface area contributed by atoms with E-state index in [0.29, 0.717) is 11.8 Å². The van der Waals surface area contributed by atoms with E-state index in [4.69, 9.17) is 0 Å². The lowest BCUT2D eigenvalue weighted by atomic mass is 9.95. The van der Waals surface area contributed by atoms with Crippen LogP contribution in [0.1, 0.15) is 27.7 Å². The summed E-state index contributed by atoms with van der Waals surface area (Å²) in [5.74, 6) is 1.02. The first-order chi connectivity index (χ1) is 6.63. The van der Waals surface area contributed by atoms with Gasteiger partial charge in [-0.3, -0.25) is 4.99 Å². The molecule has 0 bridgehead atoms. The molecule has 0 spiro atoms. The Hall–Kier alpha value is -1.11. The van der Waals surface area contributed by atoms with Gasteiger partial charge in [0.15, 0.2) is 0 Å². The van der Waals surface area contributed by atoms with E-state index in [1.54, 1.807) is 0 Å². The Morgan fingerprint density at radius 3 is 2.21 bits per heavy atom. The summed E-state index contributed by atoms with van der Waals surface area (Å²) in [5.41, 5.74) is 2.56. The summed E-state index contributed by atoms with van der Waals surface area (Å²) in [4.78, 5) is 4.50. The molecule has 0 aromatic heterocycles. The van der Waals surface area contributed by atoms with Crippen molar-refractivity contribution in [2.75, 3.05) is 0 Å². The summed E-state index contributed by atoms with van der Waals surface area (Å²) in [6, 6.07) is 0. The van der Waals surface area contributed by atoms with Crippen LogP contribution in [0.5, 0.6) is 0 Å². The number of hydrogen-bond donors (Lipinski definition) is 0. The third kappa shape index (κ3) is 2.69. The standard InChI is InChI=1S/C13H19N/c1-10(2)12-8-6-5-7-9-14-13(12)11(3)4/h5-11H,1-4H3/b6-5?,7-5-,8-6-,9-7?,12-8?,13-12+,14-9-,14-13?. The van der Waals surface area contributed by atoms with Crippen LogP contribution >= 0.6 is 0 Å². The minimum atomic E-state index is 0.486. The molecular weight excluding hydrogens is 170 g/mol. The molecular formula is C13H19N. The molecule has 76 valence electrons. The van der Waals surface area contributed by atoms with Gasteiger partial charge in [-0.1, -0.05) is 45.9 Å². The van der Waals surface area contributed by atoms with Crippen molar-refractivity contribution in [3.63, 3.8) is 0 Å². The largest absolute Gasteiger partial charge is 0.261 e. The van der Waals surface area contributed by atoms with E-state index in [1.165, 1.54) is 11.3 Å². The summed E-state index contributed by atoms with van der Waals surface area (Å²) in [6.45, 7) is 8.80. The molecule has 1 heterocycles. The van der Waals surface area contributed by atoms with Crippen molar-refractivity contribution in [1.82, 2.24) is 0 Å². The average Bonchev–Trinajstić information content (AvgIpc) is 2.01. The Morgan fingerprint density at radius 2 is 1.64 bits per heavy atom. The lowest BCUT2D eigenvalue weighted by molar-refractivity contribution is 0.699. The fourth-order valence-corrected chi connectivity index (χ4v) is 1.53. The number of aliphatic imine (C=N–C) groups is 1. The maximum atomic E-state index is 4.50. The maximum Gasteiger partial charge on any atom is 0.0463 e. The van der Waals surface area contributed by atoms with Gasteiger partial charge < -0.3 is 0 Å². The Labute approximate surface area is 86.9 Å². The lowest BCUT2D eigenvalue weighted by Crippen LogP contribution is -2.02. The Balaban J connectivity index is 3.13. The zero-order valence-electron chi connectivity index (χ0n) is 9.49. The van der Waals surface area contributed by atoms with Crippen molar-refractivity contribution >= 4 is 6.21 Å². The van der Waals surface area contributed by atoms with Crippen LogP contribution < -0.4 is 0 Å². The molecule has 0 aromatic rings. The second kappa shape index (κ2) is 4.94. The van der Waals surface area contributed by atoms with Crippen LogP contribution in [-0.2, 0) is 0 Å². The van der Waals surface area contributed by atoms with Gasteiger partial charge in [-0.25, -0.2) is 0 Å². The van der Waals surface area contributed by atoms with Crippen molar-refractivity contribution in [2.24, 2.45) is 16.8 Å². The lowest BCUT2D eigenvalue weighted by Gasteiger charge is -2.15. The zero-order chi connectivity index (χ0) is 10.6. The minimum absolute atomic E-state index is 0.486. The predicted molar refractivity (Wildman–Crippen MR) is 63.5 cm³/mol. The fraction of sp³-hybridized carbons (Fsp3) is 0.462. The average molecular weight is 189 g/mol. The molecule has 0 fully saturated rings. The topological polar surface area (TPSA) is 12.4 Å². The van der Waals surface area contributed by atoms with Crippen molar-refractivity contribution in [1.29, 1.82) is 0 Å². The quantitative estimate of drug-likeness (QED) is 0.627. The van der Waals surface area contributed by atoms with Crippen molar-refractivity contribution in [3.05, 3.63) is 35.6 Å². The van der Waals surface area contributed by atoms with Gasteiger partial charge in [0.2, 0.25) is 0 Å². The molecule has 0 amide bonds. The number of nitrogens with zero attached hydrogens (tertiary/aromatic N) is 1. The Bertz CT molecular complexity index is 271. The van der Waals surface area contributed by atoms with Crippen LogP contribution in [0.25, 0.3) is 0 Å². The summed E-state index contributed by atoms with van der Waals surface area (Å²) >= 11 is 0. The Kier molecular flexibility index (Phi) is 3.87. The van der Waals surface area contributed by atoms with Gasteiger partial charge in [-0.15, -0.1) is 0 Å². The molecule has 0 N–H and O–H groups in total. The molecule has 0 saturated heterocycles. The molecule has 1 nitrogen and oxygen atoms in total. The smallest absolute Gasteiger partial charge is 0.0463 e. The van der Waals surface area contributed by atoms with E-state index in [2.05, 4.69) is 44.8 Å². The van der Waals surface area contributed by atoms with Crippen LogP contribution in [0.2, 0.25) is 0 Å². The number of rotatable bonds is 2. The van der Waals surface area contributed by atoms with Gasteiger partial charge in [-0.05, 0) is 23.5 Å². The third-order valence-electron chi connectivity index (χ3n) is 2.26. The van der Waals surface area contributed by atoms with Crippen molar-refractivity contribution in [3.8, 4) is 0 Å².